The van der Waals surface area contributed by atoms with Crippen molar-refractivity contribution in [3.63, 3.8) is 0 Å². The fraction of sp³-hybridized carbons (Fsp3) is 0.312. The van der Waals surface area contributed by atoms with Crippen molar-refractivity contribution in [2.45, 2.75) is 13.8 Å². The summed E-state index contributed by atoms with van der Waals surface area (Å²) in [4.78, 5) is 12.0. The van der Waals surface area contributed by atoms with Gasteiger partial charge in [0.05, 0.1) is 20.1 Å². The van der Waals surface area contributed by atoms with Crippen LogP contribution in [-0.4, -0.2) is 25.3 Å². The molecular weight excluding hydrogens is 308 g/mol. The Morgan fingerprint density at radius 1 is 1.09 bits per heavy atom. The fourth-order valence-corrected chi connectivity index (χ4v) is 2.23. The van der Waals surface area contributed by atoms with Crippen LogP contribution in [0.3, 0.4) is 0 Å². The second-order valence-corrected chi connectivity index (χ2v) is 5.45. The lowest BCUT2D eigenvalue weighted by Gasteiger charge is -2.18. The molecule has 0 aliphatic rings. The first kappa shape index (κ1) is 16.2. The molecule has 5 nitrogen and oxygen atoms in total. The lowest BCUT2D eigenvalue weighted by Crippen LogP contribution is -2.15. The average molecular weight is 325 g/mol. The van der Waals surface area contributed by atoms with Gasteiger partial charge in [0.15, 0.2) is 11.5 Å². The van der Waals surface area contributed by atoms with Crippen LogP contribution in [0.4, 0.5) is 0 Å². The maximum Gasteiger partial charge on any atom is 0.313 e. The Kier molecular flexibility index (Phi) is 4.66. The molecule has 0 aliphatic carbocycles. The normalized spacial score (nSPS) is 10.8. The number of esters is 1. The maximum atomic E-state index is 12.0. The number of benzene rings is 2. The summed E-state index contributed by atoms with van der Waals surface area (Å²) < 4.78 is 15.9. The first-order chi connectivity index (χ1) is 10.4. The van der Waals surface area contributed by atoms with Crippen molar-refractivity contribution in [1.29, 1.82) is 0 Å². The van der Waals surface area contributed by atoms with Gasteiger partial charge in [-0.05, 0) is 18.2 Å². The zero-order chi connectivity index (χ0) is 16.4. The van der Waals surface area contributed by atoms with E-state index in [1.54, 1.807) is 32.0 Å². The first-order valence-corrected chi connectivity index (χ1v) is 7.06. The highest BCUT2D eigenvalue weighted by atomic mass is 35.5. The number of hydrogen-bond donors (Lipinski definition) is 1. The van der Waals surface area contributed by atoms with Crippen molar-refractivity contribution in [3.8, 4) is 23.0 Å². The Balaban J connectivity index is 2.80. The molecule has 0 aliphatic heterocycles. The van der Waals surface area contributed by atoms with Crippen LogP contribution in [0, 0.1) is 5.92 Å². The summed E-state index contributed by atoms with van der Waals surface area (Å²) in [5, 5.41) is 11.7. The van der Waals surface area contributed by atoms with Gasteiger partial charge in [-0.25, -0.2) is 0 Å². The van der Waals surface area contributed by atoms with Gasteiger partial charge in [-0.1, -0.05) is 25.4 Å². The van der Waals surface area contributed by atoms with Crippen molar-refractivity contribution in [2.75, 3.05) is 14.2 Å². The predicted molar refractivity (Wildman–Crippen MR) is 84.2 cm³/mol. The minimum absolute atomic E-state index is 0.0869. The number of rotatable bonds is 4. The molecule has 0 spiro atoms. The van der Waals surface area contributed by atoms with Crippen LogP contribution in [0.2, 0.25) is 5.02 Å². The summed E-state index contributed by atoms with van der Waals surface area (Å²) in [5.74, 6) is -0.412. The number of methoxy groups -OCH3 is 2. The van der Waals surface area contributed by atoms with E-state index in [0.29, 0.717) is 15.8 Å². The lowest BCUT2D eigenvalue weighted by atomic mass is 10.1. The number of phenolic OH excluding ortho intramolecular Hbond substituents is 1. The Labute approximate surface area is 133 Å². The van der Waals surface area contributed by atoms with Crippen LogP contribution < -0.4 is 14.2 Å². The Morgan fingerprint density at radius 3 is 2.27 bits per heavy atom. The third-order valence-corrected chi connectivity index (χ3v) is 3.43. The van der Waals surface area contributed by atoms with Gasteiger partial charge in [-0.15, -0.1) is 0 Å². The third-order valence-electron chi connectivity index (χ3n) is 3.19. The van der Waals surface area contributed by atoms with E-state index in [4.69, 9.17) is 25.8 Å². The quantitative estimate of drug-likeness (QED) is 0.685. The Bertz CT molecular complexity index is 724. The smallest absolute Gasteiger partial charge is 0.313 e. The molecule has 2 aromatic rings. The minimum Gasteiger partial charge on any atom is -0.504 e. The van der Waals surface area contributed by atoms with E-state index in [9.17, 15) is 9.90 Å². The lowest BCUT2D eigenvalue weighted by molar-refractivity contribution is -0.137. The van der Waals surface area contributed by atoms with E-state index in [1.165, 1.54) is 14.2 Å². The van der Waals surface area contributed by atoms with Gasteiger partial charge >= 0.3 is 5.97 Å². The van der Waals surface area contributed by atoms with Gasteiger partial charge in [0.1, 0.15) is 0 Å². The Hall–Kier alpha value is -2.14. The number of ether oxygens (including phenoxy) is 3. The van der Waals surface area contributed by atoms with E-state index in [1.807, 2.05) is 0 Å². The molecule has 0 aromatic heterocycles. The number of halogens is 1. The third kappa shape index (κ3) is 2.76. The van der Waals surface area contributed by atoms with E-state index >= 15 is 0 Å². The maximum absolute atomic E-state index is 12.0. The summed E-state index contributed by atoms with van der Waals surface area (Å²) in [7, 11) is 2.80. The van der Waals surface area contributed by atoms with Crippen molar-refractivity contribution < 1.29 is 24.1 Å². The van der Waals surface area contributed by atoms with Gasteiger partial charge in [0.25, 0.3) is 0 Å². The van der Waals surface area contributed by atoms with E-state index in [-0.39, 0.29) is 28.9 Å². The van der Waals surface area contributed by atoms with Gasteiger partial charge in [0.2, 0.25) is 11.5 Å². The van der Waals surface area contributed by atoms with Gasteiger partial charge < -0.3 is 19.3 Å². The van der Waals surface area contributed by atoms with Crippen LogP contribution in [0.1, 0.15) is 13.8 Å². The Morgan fingerprint density at radius 2 is 1.73 bits per heavy atom. The molecule has 0 heterocycles. The SMILES string of the molecule is COc1c(OC)c(OC(=O)C(C)C)c2ccc(Cl)cc2c1O. The zero-order valence-electron chi connectivity index (χ0n) is 12.8. The van der Waals surface area contributed by atoms with Crippen molar-refractivity contribution in [1.82, 2.24) is 0 Å². The molecule has 0 saturated carbocycles. The molecule has 0 bridgehead atoms. The highest BCUT2D eigenvalue weighted by molar-refractivity contribution is 6.31. The summed E-state index contributed by atoms with van der Waals surface area (Å²) in [6.45, 7) is 3.46. The summed E-state index contributed by atoms with van der Waals surface area (Å²) in [6.07, 6.45) is 0. The number of phenols is 1. The second kappa shape index (κ2) is 6.32. The standard InChI is InChI=1S/C16H17ClO5/c1-8(2)16(19)22-13-10-6-5-9(17)7-11(10)12(18)14(20-3)15(13)21-4/h5-8,18H,1-4H3. The minimum atomic E-state index is -0.415. The molecule has 1 N–H and O–H groups in total. The topological polar surface area (TPSA) is 65.0 Å². The molecule has 22 heavy (non-hydrogen) atoms. The van der Waals surface area contributed by atoms with Crippen LogP contribution in [0.15, 0.2) is 18.2 Å². The van der Waals surface area contributed by atoms with Crippen LogP contribution in [-0.2, 0) is 4.79 Å². The largest absolute Gasteiger partial charge is 0.504 e. The monoisotopic (exact) mass is 324 g/mol. The molecular formula is C16H17ClO5. The molecule has 0 amide bonds. The number of carbonyl (C=O) groups excluding carboxylic acids is 1. The highest BCUT2D eigenvalue weighted by Gasteiger charge is 2.25. The van der Waals surface area contributed by atoms with Gasteiger partial charge in [-0.2, -0.15) is 0 Å². The molecule has 2 aromatic carbocycles. The molecule has 0 fully saturated rings. The van der Waals surface area contributed by atoms with Crippen LogP contribution in [0.5, 0.6) is 23.0 Å². The van der Waals surface area contributed by atoms with Crippen molar-refractivity contribution in [3.05, 3.63) is 23.2 Å². The zero-order valence-corrected chi connectivity index (χ0v) is 13.5. The molecule has 0 unspecified atom stereocenters. The predicted octanol–water partition coefficient (Wildman–Crippen LogP) is 3.78. The van der Waals surface area contributed by atoms with E-state index in [0.717, 1.165) is 0 Å². The summed E-state index contributed by atoms with van der Waals surface area (Å²) >= 11 is 5.98. The van der Waals surface area contributed by atoms with Crippen LogP contribution >= 0.6 is 11.6 Å². The first-order valence-electron chi connectivity index (χ1n) is 6.68. The molecule has 0 atom stereocenters. The molecule has 118 valence electrons. The molecule has 2 rings (SSSR count). The number of carbonyl (C=O) groups is 1. The highest BCUT2D eigenvalue weighted by Crippen LogP contribution is 2.50. The number of aromatic hydroxyl groups is 1. The second-order valence-electron chi connectivity index (χ2n) is 5.01. The molecule has 0 saturated heterocycles. The average Bonchev–Trinajstić information content (AvgIpc) is 2.49. The molecule has 6 heteroatoms. The number of hydrogen-bond acceptors (Lipinski definition) is 5. The van der Waals surface area contributed by atoms with Crippen LogP contribution in [0.25, 0.3) is 10.8 Å². The fourth-order valence-electron chi connectivity index (χ4n) is 2.06. The van der Waals surface area contributed by atoms with E-state index in [2.05, 4.69) is 0 Å². The number of fused-ring (bicyclic) bond motifs is 1. The van der Waals surface area contributed by atoms with E-state index < -0.39 is 5.97 Å². The van der Waals surface area contributed by atoms with Gasteiger partial charge in [-0.3, -0.25) is 4.79 Å². The summed E-state index contributed by atoms with van der Waals surface area (Å²) in [5.41, 5.74) is 0. The summed E-state index contributed by atoms with van der Waals surface area (Å²) in [6, 6.07) is 4.87. The van der Waals surface area contributed by atoms with Crippen molar-refractivity contribution >= 4 is 28.3 Å². The molecule has 0 radical (unpaired) electrons. The van der Waals surface area contributed by atoms with Crippen molar-refractivity contribution in [2.24, 2.45) is 5.92 Å². The van der Waals surface area contributed by atoms with Gasteiger partial charge in [0, 0.05) is 15.8 Å².